The van der Waals surface area contributed by atoms with Gasteiger partial charge in [0.15, 0.2) is 5.16 Å². The van der Waals surface area contributed by atoms with Crippen molar-refractivity contribution >= 4 is 17.7 Å². The fourth-order valence-electron chi connectivity index (χ4n) is 3.01. The van der Waals surface area contributed by atoms with Crippen LogP contribution in [-0.2, 0) is 9.53 Å². The third-order valence-corrected chi connectivity index (χ3v) is 5.62. The molecule has 0 radical (unpaired) electrons. The summed E-state index contributed by atoms with van der Waals surface area (Å²) in [4.78, 5) is 15.1. The topological polar surface area (TPSA) is 60.2 Å². The smallest absolute Gasteiger partial charge is 0.240 e. The minimum absolute atomic E-state index is 0.0807. The molecule has 6 nitrogen and oxygen atoms in total. The second kappa shape index (κ2) is 8.37. The van der Waals surface area contributed by atoms with Crippen molar-refractivity contribution in [3.05, 3.63) is 72.6 Å². The molecule has 1 fully saturated rings. The number of morpholine rings is 1. The number of ether oxygens (including phenoxy) is 1. The highest BCUT2D eigenvalue weighted by atomic mass is 32.2. The number of amides is 1. The van der Waals surface area contributed by atoms with Gasteiger partial charge >= 0.3 is 0 Å². The fourth-order valence-corrected chi connectivity index (χ4v) is 4.13. The van der Waals surface area contributed by atoms with E-state index in [4.69, 9.17) is 4.74 Å². The Bertz CT molecular complexity index is 879. The van der Waals surface area contributed by atoms with Crippen LogP contribution in [0.15, 0.2) is 72.1 Å². The Balaban J connectivity index is 1.64. The molecule has 2 aromatic carbocycles. The van der Waals surface area contributed by atoms with Crippen LogP contribution >= 0.6 is 11.8 Å². The monoisotopic (exact) mass is 380 g/mol. The first-order valence-electron chi connectivity index (χ1n) is 8.86. The summed E-state index contributed by atoms with van der Waals surface area (Å²) in [5.74, 6) is 0.0807. The van der Waals surface area contributed by atoms with Gasteiger partial charge in [0.25, 0.3) is 0 Å². The number of rotatable bonds is 5. The molecule has 0 aliphatic carbocycles. The molecule has 0 N–H and O–H groups in total. The normalized spacial score (nSPS) is 15.5. The lowest BCUT2D eigenvalue weighted by atomic mass is 10.1. The Morgan fingerprint density at radius 3 is 2.37 bits per heavy atom. The molecule has 4 rings (SSSR count). The van der Waals surface area contributed by atoms with Gasteiger partial charge in [-0.25, -0.2) is 0 Å². The average Bonchev–Trinajstić information content (AvgIpc) is 3.22. The summed E-state index contributed by atoms with van der Waals surface area (Å²) in [5.41, 5.74) is 1.93. The second-order valence-electron chi connectivity index (χ2n) is 6.17. The maximum atomic E-state index is 13.3. The Morgan fingerprint density at radius 2 is 1.67 bits per heavy atom. The van der Waals surface area contributed by atoms with Crippen molar-refractivity contribution in [2.75, 3.05) is 26.3 Å². The van der Waals surface area contributed by atoms with Crippen molar-refractivity contribution < 1.29 is 9.53 Å². The van der Waals surface area contributed by atoms with Gasteiger partial charge in [-0.1, -0.05) is 60.3 Å². The van der Waals surface area contributed by atoms with Crippen molar-refractivity contribution in [3.63, 3.8) is 0 Å². The number of nitrogens with zero attached hydrogens (tertiary/aromatic N) is 4. The standard InChI is InChI=1S/C20H20N4O2S/c25-19(23-11-13-26-14-12-23)18(16-7-3-1-4-8-16)27-20-22-21-15-24(20)17-9-5-2-6-10-17/h1-10,15,18H,11-14H2/t18-/m0/s1. The number of hydrogen-bond acceptors (Lipinski definition) is 5. The van der Waals surface area contributed by atoms with E-state index in [0.29, 0.717) is 31.5 Å². The first-order valence-corrected chi connectivity index (χ1v) is 9.74. The Labute approximate surface area is 162 Å². The summed E-state index contributed by atoms with van der Waals surface area (Å²) in [6, 6.07) is 19.7. The minimum atomic E-state index is -0.379. The molecule has 7 heteroatoms. The fraction of sp³-hybridized carbons (Fsp3) is 0.250. The lowest BCUT2D eigenvalue weighted by Gasteiger charge is -2.30. The van der Waals surface area contributed by atoms with Crippen LogP contribution in [0.5, 0.6) is 0 Å². The number of thioether (sulfide) groups is 1. The molecule has 1 aliphatic heterocycles. The van der Waals surface area contributed by atoms with Crippen LogP contribution in [0.1, 0.15) is 10.8 Å². The van der Waals surface area contributed by atoms with Crippen LogP contribution in [0, 0.1) is 0 Å². The second-order valence-corrected chi connectivity index (χ2v) is 7.24. The molecule has 0 bridgehead atoms. The van der Waals surface area contributed by atoms with Crippen molar-refractivity contribution in [2.45, 2.75) is 10.4 Å². The molecule has 1 aliphatic rings. The van der Waals surface area contributed by atoms with Gasteiger partial charge in [0.2, 0.25) is 5.91 Å². The molecule has 27 heavy (non-hydrogen) atoms. The minimum Gasteiger partial charge on any atom is -0.378 e. The van der Waals surface area contributed by atoms with Crippen molar-refractivity contribution in [1.82, 2.24) is 19.7 Å². The van der Waals surface area contributed by atoms with E-state index >= 15 is 0 Å². The SMILES string of the molecule is O=C([C@@H](Sc1nncn1-c1ccccc1)c1ccccc1)N1CCOCC1. The Hall–Kier alpha value is -2.64. The lowest BCUT2D eigenvalue weighted by molar-refractivity contribution is -0.134. The van der Waals surface area contributed by atoms with Crippen LogP contribution in [-0.4, -0.2) is 51.9 Å². The molecule has 0 unspecified atom stereocenters. The molecule has 1 aromatic heterocycles. The molecule has 1 atom stereocenters. The van der Waals surface area contributed by atoms with Crippen molar-refractivity contribution in [1.29, 1.82) is 0 Å². The maximum absolute atomic E-state index is 13.3. The highest BCUT2D eigenvalue weighted by Crippen LogP contribution is 2.36. The zero-order chi connectivity index (χ0) is 18.5. The van der Waals surface area contributed by atoms with Crippen molar-refractivity contribution in [3.8, 4) is 5.69 Å². The van der Waals surface area contributed by atoms with Gasteiger partial charge in [-0.3, -0.25) is 9.36 Å². The molecule has 3 aromatic rings. The molecule has 0 saturated carbocycles. The van der Waals surface area contributed by atoms with E-state index in [0.717, 1.165) is 11.3 Å². The van der Waals surface area contributed by atoms with E-state index in [1.54, 1.807) is 6.33 Å². The summed E-state index contributed by atoms with van der Waals surface area (Å²) in [6.07, 6.45) is 1.68. The quantitative estimate of drug-likeness (QED) is 0.637. The molecule has 0 spiro atoms. The van der Waals surface area contributed by atoms with E-state index in [9.17, 15) is 4.79 Å². The zero-order valence-corrected chi connectivity index (χ0v) is 15.6. The number of carbonyl (C=O) groups is 1. The van der Waals surface area contributed by atoms with Crippen LogP contribution in [0.4, 0.5) is 0 Å². The number of benzene rings is 2. The Kier molecular flexibility index (Phi) is 5.50. The van der Waals surface area contributed by atoms with Crippen LogP contribution < -0.4 is 0 Å². The van der Waals surface area contributed by atoms with Gasteiger partial charge in [0, 0.05) is 18.8 Å². The number of hydrogen-bond donors (Lipinski definition) is 0. The van der Waals surface area contributed by atoms with Crippen LogP contribution in [0.2, 0.25) is 0 Å². The first kappa shape index (κ1) is 17.8. The van der Waals surface area contributed by atoms with Gasteiger partial charge in [-0.05, 0) is 17.7 Å². The largest absolute Gasteiger partial charge is 0.378 e. The zero-order valence-electron chi connectivity index (χ0n) is 14.8. The first-order chi connectivity index (χ1) is 13.3. The predicted molar refractivity (Wildman–Crippen MR) is 104 cm³/mol. The van der Waals surface area contributed by atoms with E-state index in [-0.39, 0.29) is 11.2 Å². The van der Waals surface area contributed by atoms with Crippen LogP contribution in [0.3, 0.4) is 0 Å². The molecule has 138 valence electrons. The van der Waals surface area contributed by atoms with E-state index in [2.05, 4.69) is 10.2 Å². The van der Waals surface area contributed by atoms with Crippen molar-refractivity contribution in [2.24, 2.45) is 0 Å². The summed E-state index contributed by atoms with van der Waals surface area (Å²) in [5, 5.41) is 8.64. The highest BCUT2D eigenvalue weighted by molar-refractivity contribution is 8.00. The molecule has 2 heterocycles. The summed E-state index contributed by atoms with van der Waals surface area (Å²) in [7, 11) is 0. The van der Waals surface area contributed by atoms with Gasteiger partial charge in [-0.2, -0.15) is 0 Å². The molecular weight excluding hydrogens is 360 g/mol. The summed E-state index contributed by atoms with van der Waals surface area (Å²) in [6.45, 7) is 2.40. The number of aromatic nitrogens is 3. The van der Waals surface area contributed by atoms with Gasteiger partial charge in [-0.15, -0.1) is 10.2 Å². The van der Waals surface area contributed by atoms with Gasteiger partial charge < -0.3 is 9.64 Å². The highest BCUT2D eigenvalue weighted by Gasteiger charge is 2.29. The van der Waals surface area contributed by atoms with Crippen LogP contribution in [0.25, 0.3) is 5.69 Å². The summed E-state index contributed by atoms with van der Waals surface area (Å²) >= 11 is 1.43. The van der Waals surface area contributed by atoms with E-state index in [1.165, 1.54) is 11.8 Å². The molecule has 1 saturated heterocycles. The van der Waals surface area contributed by atoms with E-state index in [1.807, 2.05) is 70.1 Å². The number of para-hydroxylation sites is 1. The maximum Gasteiger partial charge on any atom is 0.240 e. The predicted octanol–water partition coefficient (Wildman–Crippen LogP) is 2.96. The van der Waals surface area contributed by atoms with Gasteiger partial charge in [0.1, 0.15) is 11.6 Å². The third-order valence-electron chi connectivity index (χ3n) is 4.42. The van der Waals surface area contributed by atoms with E-state index < -0.39 is 0 Å². The summed E-state index contributed by atoms with van der Waals surface area (Å²) < 4.78 is 7.30. The third kappa shape index (κ3) is 4.04. The number of carbonyl (C=O) groups excluding carboxylic acids is 1. The molecular formula is C20H20N4O2S. The Morgan fingerprint density at radius 1 is 1.00 bits per heavy atom. The van der Waals surface area contributed by atoms with Gasteiger partial charge in [0.05, 0.1) is 13.2 Å². The lowest BCUT2D eigenvalue weighted by Crippen LogP contribution is -2.42. The average molecular weight is 380 g/mol. The molecule has 1 amide bonds.